The molecule has 1 rings (SSSR count). The zero-order valence-electron chi connectivity index (χ0n) is 6.82. The molecule has 0 saturated heterocycles. The molecule has 0 bridgehead atoms. The van der Waals surface area contributed by atoms with Crippen molar-refractivity contribution in [3.63, 3.8) is 0 Å². The van der Waals surface area contributed by atoms with E-state index in [2.05, 4.69) is 5.32 Å². The van der Waals surface area contributed by atoms with E-state index >= 15 is 0 Å². The van der Waals surface area contributed by atoms with Gasteiger partial charge < -0.3 is 15.2 Å². The molecule has 1 amide bonds. The summed E-state index contributed by atoms with van der Waals surface area (Å²) in [6.07, 6.45) is 0. The van der Waals surface area contributed by atoms with Crippen molar-refractivity contribution >= 4 is 11.9 Å². The van der Waals surface area contributed by atoms with E-state index in [4.69, 9.17) is 0 Å². The first-order valence-corrected chi connectivity index (χ1v) is 3.73. The van der Waals surface area contributed by atoms with Crippen molar-refractivity contribution in [3.05, 3.63) is 35.9 Å². The lowest BCUT2D eigenvalue weighted by Crippen LogP contribution is -2.37. The van der Waals surface area contributed by atoms with Gasteiger partial charge in [-0.2, -0.15) is 0 Å². The van der Waals surface area contributed by atoms with Gasteiger partial charge in [0.05, 0.1) is 12.5 Å². The van der Waals surface area contributed by atoms with Crippen LogP contribution in [-0.2, 0) is 4.79 Å². The molecule has 0 aliphatic carbocycles. The Balaban J connectivity index is 2.54. The molecule has 0 heterocycles. The van der Waals surface area contributed by atoms with Gasteiger partial charge in [0.25, 0.3) is 5.91 Å². The Bertz CT molecular complexity index is 308. The van der Waals surface area contributed by atoms with Crippen molar-refractivity contribution in [1.82, 2.24) is 5.32 Å². The molecule has 0 radical (unpaired) electrons. The molecule has 4 heteroatoms. The normalized spacial score (nSPS) is 9.23. The lowest BCUT2D eigenvalue weighted by Gasteiger charge is -2.04. The summed E-state index contributed by atoms with van der Waals surface area (Å²) < 4.78 is 0. The van der Waals surface area contributed by atoms with Gasteiger partial charge in [-0.25, -0.2) is 0 Å². The summed E-state index contributed by atoms with van der Waals surface area (Å²) in [5, 5.41) is 12.2. The van der Waals surface area contributed by atoms with Gasteiger partial charge in [-0.1, -0.05) is 18.2 Å². The lowest BCUT2D eigenvalue weighted by molar-refractivity contribution is -0.303. The number of hydrogen-bond acceptors (Lipinski definition) is 3. The van der Waals surface area contributed by atoms with Gasteiger partial charge in [-0.15, -0.1) is 0 Å². The third kappa shape index (κ3) is 2.94. The van der Waals surface area contributed by atoms with Crippen LogP contribution in [0.3, 0.4) is 0 Å². The fourth-order valence-electron chi connectivity index (χ4n) is 0.844. The molecular formula is C9H8NO3-. The minimum Gasteiger partial charge on any atom is -0.548 e. The molecular weight excluding hydrogens is 170 g/mol. The summed E-state index contributed by atoms with van der Waals surface area (Å²) in [5.41, 5.74) is 0.434. The Labute approximate surface area is 75.2 Å². The minimum absolute atomic E-state index is 0.412. The van der Waals surface area contributed by atoms with Crippen LogP contribution in [0.25, 0.3) is 0 Å². The van der Waals surface area contributed by atoms with Crippen LogP contribution in [0.15, 0.2) is 30.3 Å². The molecule has 4 nitrogen and oxygen atoms in total. The van der Waals surface area contributed by atoms with E-state index in [-0.39, 0.29) is 0 Å². The molecule has 0 atom stereocenters. The van der Waals surface area contributed by atoms with Crippen LogP contribution < -0.4 is 10.4 Å². The first-order chi connectivity index (χ1) is 6.20. The number of carboxylic acid groups (broad SMARTS) is 1. The highest BCUT2D eigenvalue weighted by molar-refractivity contribution is 5.95. The van der Waals surface area contributed by atoms with E-state index in [9.17, 15) is 14.7 Å². The van der Waals surface area contributed by atoms with E-state index in [1.807, 2.05) is 0 Å². The zero-order chi connectivity index (χ0) is 9.68. The Kier molecular flexibility index (Phi) is 3.03. The molecule has 0 aliphatic heterocycles. The zero-order valence-corrected chi connectivity index (χ0v) is 6.82. The topological polar surface area (TPSA) is 69.2 Å². The fourth-order valence-corrected chi connectivity index (χ4v) is 0.844. The van der Waals surface area contributed by atoms with Gasteiger partial charge in [0, 0.05) is 5.56 Å². The van der Waals surface area contributed by atoms with Crippen molar-refractivity contribution in [2.45, 2.75) is 0 Å². The number of amides is 1. The van der Waals surface area contributed by atoms with E-state index in [0.717, 1.165) is 0 Å². The van der Waals surface area contributed by atoms with Crippen LogP contribution in [0.4, 0.5) is 0 Å². The van der Waals surface area contributed by atoms with E-state index in [0.29, 0.717) is 5.56 Å². The van der Waals surface area contributed by atoms with Gasteiger partial charge in [0.1, 0.15) is 0 Å². The van der Waals surface area contributed by atoms with Gasteiger partial charge in [0.2, 0.25) is 0 Å². The van der Waals surface area contributed by atoms with E-state index in [1.54, 1.807) is 30.3 Å². The smallest absolute Gasteiger partial charge is 0.251 e. The monoisotopic (exact) mass is 178 g/mol. The third-order valence-electron chi connectivity index (χ3n) is 1.43. The number of rotatable bonds is 3. The number of hydrogen-bond donors (Lipinski definition) is 1. The number of benzene rings is 1. The number of carbonyl (C=O) groups is 2. The molecule has 68 valence electrons. The van der Waals surface area contributed by atoms with E-state index < -0.39 is 18.4 Å². The second-order valence-electron chi connectivity index (χ2n) is 2.42. The summed E-state index contributed by atoms with van der Waals surface area (Å²) in [5.74, 6) is -1.71. The van der Waals surface area contributed by atoms with Crippen LogP contribution in [-0.4, -0.2) is 18.4 Å². The van der Waals surface area contributed by atoms with E-state index in [1.165, 1.54) is 0 Å². The standard InChI is InChI=1S/C9H9NO3/c11-8(12)6-10-9(13)7-4-2-1-3-5-7/h1-5H,6H2,(H,10,13)(H,11,12)/p-1. The molecule has 1 aromatic rings. The second kappa shape index (κ2) is 4.25. The predicted octanol–water partition coefficient (Wildman–Crippen LogP) is -0.834. The lowest BCUT2D eigenvalue weighted by atomic mass is 10.2. The van der Waals surface area contributed by atoms with Crippen LogP contribution >= 0.6 is 0 Å². The minimum atomic E-state index is -1.30. The molecule has 0 aliphatic rings. The van der Waals surface area contributed by atoms with Crippen LogP contribution in [0, 0.1) is 0 Å². The van der Waals surface area contributed by atoms with Crippen molar-refractivity contribution in [3.8, 4) is 0 Å². The maximum absolute atomic E-state index is 11.1. The summed E-state index contributed by atoms with van der Waals surface area (Å²) in [7, 11) is 0. The summed E-state index contributed by atoms with van der Waals surface area (Å²) in [6, 6.07) is 8.38. The average molecular weight is 178 g/mol. The molecule has 1 aromatic carbocycles. The second-order valence-corrected chi connectivity index (χ2v) is 2.42. The molecule has 13 heavy (non-hydrogen) atoms. The highest BCUT2D eigenvalue weighted by atomic mass is 16.4. The molecule has 0 unspecified atom stereocenters. The van der Waals surface area contributed by atoms with Gasteiger partial charge in [-0.05, 0) is 12.1 Å². The van der Waals surface area contributed by atoms with Crippen molar-refractivity contribution in [2.24, 2.45) is 0 Å². The van der Waals surface area contributed by atoms with Crippen molar-refractivity contribution in [1.29, 1.82) is 0 Å². The Morgan fingerprint density at radius 3 is 2.38 bits per heavy atom. The Morgan fingerprint density at radius 1 is 1.23 bits per heavy atom. The van der Waals surface area contributed by atoms with Crippen LogP contribution in [0.1, 0.15) is 10.4 Å². The average Bonchev–Trinajstić information content (AvgIpc) is 2.15. The summed E-state index contributed by atoms with van der Waals surface area (Å²) in [4.78, 5) is 21.2. The van der Waals surface area contributed by atoms with Gasteiger partial charge >= 0.3 is 0 Å². The number of carboxylic acids is 1. The quantitative estimate of drug-likeness (QED) is 0.656. The number of carbonyl (C=O) groups excluding carboxylic acids is 2. The van der Waals surface area contributed by atoms with Crippen molar-refractivity contribution < 1.29 is 14.7 Å². The molecule has 0 spiro atoms. The highest BCUT2D eigenvalue weighted by Gasteiger charge is 2.01. The van der Waals surface area contributed by atoms with Crippen LogP contribution in [0.5, 0.6) is 0 Å². The molecule has 0 fully saturated rings. The highest BCUT2D eigenvalue weighted by Crippen LogP contribution is 1.96. The number of nitrogens with one attached hydrogen (secondary N) is 1. The van der Waals surface area contributed by atoms with Crippen LogP contribution in [0.2, 0.25) is 0 Å². The molecule has 0 aromatic heterocycles. The first kappa shape index (κ1) is 9.25. The maximum atomic E-state index is 11.1. The maximum Gasteiger partial charge on any atom is 0.251 e. The third-order valence-corrected chi connectivity index (χ3v) is 1.43. The Morgan fingerprint density at radius 2 is 1.85 bits per heavy atom. The first-order valence-electron chi connectivity index (χ1n) is 3.73. The molecule has 1 N–H and O–H groups in total. The van der Waals surface area contributed by atoms with Gasteiger partial charge in [0.15, 0.2) is 0 Å². The van der Waals surface area contributed by atoms with Gasteiger partial charge in [-0.3, -0.25) is 4.79 Å². The molecule has 0 saturated carbocycles. The largest absolute Gasteiger partial charge is 0.548 e. The Hall–Kier alpha value is -1.84. The predicted molar refractivity (Wildman–Crippen MR) is 43.8 cm³/mol. The summed E-state index contributed by atoms with van der Waals surface area (Å²) in [6.45, 7) is -0.465. The summed E-state index contributed by atoms with van der Waals surface area (Å²) >= 11 is 0. The SMILES string of the molecule is O=C([O-])CNC(=O)c1ccccc1. The van der Waals surface area contributed by atoms with Crippen molar-refractivity contribution in [2.75, 3.05) is 6.54 Å². The number of aliphatic carboxylic acids is 1. The fraction of sp³-hybridized carbons (Fsp3) is 0.111.